The largest absolute Gasteiger partial charge is 0.472 e. The Morgan fingerprint density at radius 1 is 0.484 bits per heavy atom. The molecule has 0 bridgehead atoms. The molecule has 0 aromatic rings. The first kappa shape index (κ1) is 61.0. The summed E-state index contributed by atoms with van der Waals surface area (Å²) >= 11 is 0. The fourth-order valence-corrected chi connectivity index (χ4v) is 6.63. The van der Waals surface area contributed by atoms with E-state index in [2.05, 4.69) is 101 Å². The third kappa shape index (κ3) is 47.0. The predicted octanol–water partition coefficient (Wildman–Crippen LogP) is 11.1. The molecule has 366 valence electrons. The first-order valence-corrected chi connectivity index (χ1v) is 26.1. The average Bonchev–Trinajstić information content (AvgIpc) is 3.26. The molecule has 0 aromatic carbocycles. The lowest BCUT2D eigenvalue weighted by Gasteiger charge is -2.20. The lowest BCUT2D eigenvalue weighted by molar-refractivity contribution is -0.161. The molecule has 3 atom stereocenters. The van der Waals surface area contributed by atoms with E-state index in [4.69, 9.17) is 28.9 Å². The zero-order chi connectivity index (χ0) is 47.3. The van der Waals surface area contributed by atoms with Crippen LogP contribution in [0, 0.1) is 0 Å². The Bertz CT molecular complexity index is 1490. The Hall–Kier alpha value is -3.00. The van der Waals surface area contributed by atoms with Gasteiger partial charge in [0.1, 0.15) is 12.7 Å². The monoisotopic (exact) mass is 943 g/mol. The highest BCUT2D eigenvalue weighted by atomic mass is 31.2. The minimum atomic E-state index is -4.88. The van der Waals surface area contributed by atoms with E-state index in [1.165, 1.54) is 19.3 Å². The quantitative estimate of drug-likeness (QED) is 0.0166. The topological polar surface area (TPSA) is 216 Å². The number of ether oxygens (including phenoxy) is 2. The molecule has 5 N–H and O–H groups in total. The molecular weight excluding hydrogens is 862 g/mol. The number of aliphatic hydroxyl groups excluding tert-OH is 2. The van der Waals surface area contributed by atoms with Crippen LogP contribution in [0.1, 0.15) is 148 Å². The molecule has 0 aromatic heterocycles. The van der Waals surface area contributed by atoms with Crippen LogP contribution in [-0.4, -0.2) is 82.1 Å². The van der Waals surface area contributed by atoms with Gasteiger partial charge in [-0.2, -0.15) is 0 Å². The number of allylic oxidation sites excluding steroid dienone is 16. The highest BCUT2D eigenvalue weighted by Crippen LogP contribution is 2.43. The molecule has 64 heavy (non-hydrogen) atoms. The van der Waals surface area contributed by atoms with Crippen LogP contribution in [0.25, 0.3) is 0 Å². The third-order valence-electron chi connectivity index (χ3n) is 8.99. The molecule has 0 saturated heterocycles. The number of aliphatic hydroxyl groups is 2. The fraction of sp³-hybridized carbons (Fsp3) is 0.625. The van der Waals surface area contributed by atoms with Gasteiger partial charge in [-0.15, -0.1) is 0 Å². The zero-order valence-corrected chi connectivity index (χ0v) is 40.1. The normalized spacial score (nSPS) is 14.8. The highest BCUT2D eigenvalue weighted by Gasteiger charge is 2.28. The number of hydrogen-bond donors (Lipinski definition) is 5. The summed E-state index contributed by atoms with van der Waals surface area (Å²) in [6, 6.07) is 0. The standard InChI is InChI=1S/C48H80O14P2/c1-2-3-4-5-6-7-8-9-10-11-12-14-18-21-24-27-30-33-36-39-48(52)62-46(44-61-64(56,57)60-42-45(50)41-59-63(53,54)55)43-58-47(51)38-35-32-29-26-23-20-17-15-13-16-19-22-25-28-31-34-37-40-49/h6-7,9-10,12-14,16-17,20-22,24-26,29,45-46,49-50H,2-5,8,11,15,18-19,23,27-28,30-44H2,1H3,(H,56,57)(H2,53,54,55)/b7-6-,10-9-,14-12-,16-13-,20-17-,24-21-,25-22-,29-26-/t45-,46+/m0/s1. The van der Waals surface area contributed by atoms with Gasteiger partial charge in [-0.25, -0.2) is 9.13 Å². The van der Waals surface area contributed by atoms with Crippen molar-refractivity contribution in [2.24, 2.45) is 0 Å². The smallest absolute Gasteiger partial charge is 0.462 e. The van der Waals surface area contributed by atoms with E-state index in [0.717, 1.165) is 89.9 Å². The Labute approximate surface area is 383 Å². The summed E-state index contributed by atoms with van der Waals surface area (Å²) in [7, 11) is -9.72. The SMILES string of the molecule is CCCCC/C=C\C/C=C\C/C=C\C/C=C\CCCCCC(=O)O[C@H](COC(=O)CCC/C=C\C/C=C\C/C=C\C/C=C\CCCCCO)COP(=O)(O)OC[C@@H](O)COP(=O)(O)O. The molecule has 0 amide bonds. The minimum Gasteiger partial charge on any atom is -0.462 e. The summed E-state index contributed by atoms with van der Waals surface area (Å²) in [5.74, 6) is -1.16. The molecule has 14 nitrogen and oxygen atoms in total. The molecule has 0 fully saturated rings. The van der Waals surface area contributed by atoms with Crippen molar-refractivity contribution >= 4 is 27.6 Å². The van der Waals surface area contributed by atoms with Crippen molar-refractivity contribution in [2.75, 3.05) is 33.0 Å². The summed E-state index contributed by atoms with van der Waals surface area (Å²) in [5, 5.41) is 18.6. The number of esters is 2. The summed E-state index contributed by atoms with van der Waals surface area (Å²) < 4.78 is 47.7. The van der Waals surface area contributed by atoms with Gasteiger partial charge in [-0.1, -0.05) is 130 Å². The first-order valence-electron chi connectivity index (χ1n) is 23.0. The third-order valence-corrected chi connectivity index (χ3v) is 10.4. The van der Waals surface area contributed by atoms with Crippen molar-refractivity contribution in [3.8, 4) is 0 Å². The molecule has 0 aliphatic rings. The van der Waals surface area contributed by atoms with E-state index in [1.807, 2.05) is 12.2 Å². The van der Waals surface area contributed by atoms with Crippen LogP contribution in [0.3, 0.4) is 0 Å². The van der Waals surface area contributed by atoms with Crippen molar-refractivity contribution in [1.29, 1.82) is 0 Å². The zero-order valence-electron chi connectivity index (χ0n) is 38.3. The van der Waals surface area contributed by atoms with Crippen molar-refractivity contribution in [1.82, 2.24) is 0 Å². The summed E-state index contributed by atoms with van der Waals surface area (Å²) in [4.78, 5) is 52.7. The summed E-state index contributed by atoms with van der Waals surface area (Å²) in [6.07, 6.45) is 49.8. The number of unbranched alkanes of at least 4 members (excludes halogenated alkanes) is 10. The molecule has 16 heteroatoms. The van der Waals surface area contributed by atoms with Gasteiger partial charge in [0.25, 0.3) is 0 Å². The van der Waals surface area contributed by atoms with E-state index >= 15 is 0 Å². The second kappa shape index (κ2) is 43.9. The van der Waals surface area contributed by atoms with Crippen molar-refractivity contribution in [3.63, 3.8) is 0 Å². The average molecular weight is 943 g/mol. The van der Waals surface area contributed by atoms with E-state index in [-0.39, 0.29) is 19.4 Å². The molecule has 1 unspecified atom stereocenters. The molecule has 0 heterocycles. The van der Waals surface area contributed by atoms with Crippen LogP contribution < -0.4 is 0 Å². The van der Waals surface area contributed by atoms with Crippen LogP contribution >= 0.6 is 15.6 Å². The van der Waals surface area contributed by atoms with Gasteiger partial charge in [-0.05, 0) is 103 Å². The number of carbonyl (C=O) groups excluding carboxylic acids is 2. The predicted molar refractivity (Wildman–Crippen MR) is 254 cm³/mol. The summed E-state index contributed by atoms with van der Waals surface area (Å²) in [5.41, 5.74) is 0. The van der Waals surface area contributed by atoms with Gasteiger partial charge in [0.15, 0.2) is 6.10 Å². The van der Waals surface area contributed by atoms with Crippen LogP contribution in [0.15, 0.2) is 97.2 Å². The van der Waals surface area contributed by atoms with Gasteiger partial charge in [-0.3, -0.25) is 23.2 Å². The number of carbonyl (C=O) groups is 2. The second-order valence-electron chi connectivity index (χ2n) is 15.0. The van der Waals surface area contributed by atoms with Crippen molar-refractivity contribution < 1.29 is 66.7 Å². The van der Waals surface area contributed by atoms with Gasteiger partial charge in [0.2, 0.25) is 0 Å². The number of phosphoric acid groups is 2. The maximum atomic E-state index is 12.7. The highest BCUT2D eigenvalue weighted by molar-refractivity contribution is 7.47. The molecule has 0 saturated carbocycles. The Morgan fingerprint density at radius 3 is 1.36 bits per heavy atom. The van der Waals surface area contributed by atoms with Gasteiger partial charge >= 0.3 is 27.6 Å². The Balaban J connectivity index is 4.65. The molecular formula is C48H80O14P2. The minimum absolute atomic E-state index is 0.0711. The second-order valence-corrected chi connectivity index (χ2v) is 17.7. The van der Waals surface area contributed by atoms with E-state index in [0.29, 0.717) is 19.3 Å². The van der Waals surface area contributed by atoms with Gasteiger partial charge in [0, 0.05) is 19.4 Å². The van der Waals surface area contributed by atoms with Gasteiger partial charge in [0.05, 0.1) is 19.8 Å². The van der Waals surface area contributed by atoms with Crippen LogP contribution in [0.4, 0.5) is 0 Å². The lowest BCUT2D eigenvalue weighted by atomic mass is 10.1. The van der Waals surface area contributed by atoms with E-state index < -0.39 is 66.2 Å². The fourth-order valence-electron chi connectivity index (χ4n) is 5.48. The van der Waals surface area contributed by atoms with Crippen LogP contribution in [0.5, 0.6) is 0 Å². The maximum Gasteiger partial charge on any atom is 0.472 e. The Morgan fingerprint density at radius 2 is 0.891 bits per heavy atom. The molecule has 0 rings (SSSR count). The van der Waals surface area contributed by atoms with Gasteiger partial charge < -0.3 is 34.4 Å². The van der Waals surface area contributed by atoms with Crippen LogP contribution in [0.2, 0.25) is 0 Å². The molecule has 0 spiro atoms. The van der Waals surface area contributed by atoms with Crippen molar-refractivity contribution in [3.05, 3.63) is 97.2 Å². The molecule has 0 radical (unpaired) electrons. The number of hydrogen-bond acceptors (Lipinski definition) is 11. The Kier molecular flexibility index (Phi) is 41.8. The summed E-state index contributed by atoms with van der Waals surface area (Å²) in [6.45, 7) is -0.377. The molecule has 0 aliphatic carbocycles. The number of phosphoric ester groups is 2. The van der Waals surface area contributed by atoms with Crippen molar-refractivity contribution in [2.45, 2.75) is 160 Å². The number of rotatable bonds is 43. The maximum absolute atomic E-state index is 12.7. The first-order chi connectivity index (χ1) is 30.9. The molecule has 0 aliphatic heterocycles. The van der Waals surface area contributed by atoms with E-state index in [1.54, 1.807) is 0 Å². The van der Waals surface area contributed by atoms with Crippen LogP contribution in [-0.2, 0) is 41.8 Å². The lowest BCUT2D eigenvalue weighted by Crippen LogP contribution is -2.30. The van der Waals surface area contributed by atoms with E-state index in [9.17, 15) is 28.7 Å².